The van der Waals surface area contributed by atoms with Crippen LogP contribution in [0.5, 0.6) is 5.75 Å². The summed E-state index contributed by atoms with van der Waals surface area (Å²) < 4.78 is 5.52. The summed E-state index contributed by atoms with van der Waals surface area (Å²) in [6.45, 7) is 8.41. The van der Waals surface area contributed by atoms with Crippen LogP contribution in [0.1, 0.15) is 37.9 Å². The Labute approximate surface area is 108 Å². The molecule has 4 nitrogen and oxygen atoms in total. The zero-order valence-electron chi connectivity index (χ0n) is 11.4. The zero-order valence-corrected chi connectivity index (χ0v) is 11.4. The molecule has 2 N–H and O–H groups in total. The zero-order chi connectivity index (χ0) is 13.7. The first-order chi connectivity index (χ1) is 8.45. The lowest BCUT2D eigenvalue weighted by Gasteiger charge is -2.20. The van der Waals surface area contributed by atoms with Crippen molar-refractivity contribution >= 4 is 5.97 Å². The Kier molecular flexibility index (Phi) is 5.16. The third kappa shape index (κ3) is 3.74. The molecule has 0 aliphatic heterocycles. The van der Waals surface area contributed by atoms with Gasteiger partial charge in [0, 0.05) is 11.6 Å². The van der Waals surface area contributed by atoms with Crippen LogP contribution in [0.2, 0.25) is 0 Å². The number of nitrogens with one attached hydrogen (secondary N) is 1. The molecule has 0 fully saturated rings. The Bertz CT molecular complexity index is 418. The fraction of sp³-hybridized carbons (Fsp3) is 0.500. The predicted molar refractivity (Wildman–Crippen MR) is 71.0 cm³/mol. The minimum absolute atomic E-state index is 0.131. The molecular weight excluding hydrogens is 230 g/mol. The van der Waals surface area contributed by atoms with E-state index < -0.39 is 12.1 Å². The van der Waals surface area contributed by atoms with E-state index in [1.165, 1.54) is 6.92 Å². The molecule has 100 valence electrons. The lowest BCUT2D eigenvalue weighted by Crippen LogP contribution is -2.25. The second-order valence-corrected chi connectivity index (χ2v) is 4.42. The topological polar surface area (TPSA) is 58.6 Å². The van der Waals surface area contributed by atoms with Crippen molar-refractivity contribution in [3.63, 3.8) is 0 Å². The molecule has 0 aliphatic carbocycles. The van der Waals surface area contributed by atoms with E-state index in [2.05, 4.69) is 5.32 Å². The van der Waals surface area contributed by atoms with E-state index in [1.54, 1.807) is 0 Å². The van der Waals surface area contributed by atoms with Gasteiger partial charge in [-0.25, -0.2) is 4.79 Å². The third-order valence-electron chi connectivity index (χ3n) is 2.80. The van der Waals surface area contributed by atoms with Crippen LogP contribution in [-0.2, 0) is 4.79 Å². The maximum atomic E-state index is 10.9. The van der Waals surface area contributed by atoms with Crippen LogP contribution in [0.15, 0.2) is 18.2 Å². The van der Waals surface area contributed by atoms with Gasteiger partial charge in [0.05, 0.1) is 0 Å². The SMILES string of the molecule is CCNC(C)c1ccc(C)cc1OC(C)C(=O)O. The van der Waals surface area contributed by atoms with Crippen LogP contribution in [0, 0.1) is 6.92 Å². The maximum absolute atomic E-state index is 10.9. The van der Waals surface area contributed by atoms with Gasteiger partial charge in [-0.05, 0) is 38.9 Å². The fourth-order valence-electron chi connectivity index (χ4n) is 1.76. The van der Waals surface area contributed by atoms with Crippen molar-refractivity contribution in [2.24, 2.45) is 0 Å². The molecule has 0 saturated heterocycles. The summed E-state index contributed by atoms with van der Waals surface area (Å²) in [6.07, 6.45) is -0.848. The summed E-state index contributed by atoms with van der Waals surface area (Å²) in [5.74, 6) is -0.322. The molecule has 0 bridgehead atoms. The molecule has 0 spiro atoms. The molecule has 18 heavy (non-hydrogen) atoms. The number of rotatable bonds is 6. The Morgan fingerprint density at radius 2 is 2.11 bits per heavy atom. The van der Waals surface area contributed by atoms with Gasteiger partial charge in [0.2, 0.25) is 0 Å². The van der Waals surface area contributed by atoms with E-state index >= 15 is 0 Å². The van der Waals surface area contributed by atoms with Crippen molar-refractivity contribution in [2.45, 2.75) is 39.8 Å². The molecule has 1 aromatic rings. The molecule has 0 radical (unpaired) electrons. The van der Waals surface area contributed by atoms with E-state index in [4.69, 9.17) is 9.84 Å². The van der Waals surface area contributed by atoms with Crippen molar-refractivity contribution in [3.8, 4) is 5.75 Å². The molecule has 0 aromatic heterocycles. The predicted octanol–water partition coefficient (Wildman–Crippen LogP) is 2.52. The average molecular weight is 251 g/mol. The quantitative estimate of drug-likeness (QED) is 0.815. The number of carboxylic acid groups (broad SMARTS) is 1. The van der Waals surface area contributed by atoms with Gasteiger partial charge in [0.1, 0.15) is 5.75 Å². The van der Waals surface area contributed by atoms with Gasteiger partial charge in [0.25, 0.3) is 0 Å². The van der Waals surface area contributed by atoms with Crippen LogP contribution in [0.25, 0.3) is 0 Å². The van der Waals surface area contributed by atoms with Gasteiger partial charge in [-0.15, -0.1) is 0 Å². The number of carboxylic acids is 1. The maximum Gasteiger partial charge on any atom is 0.344 e. The first-order valence-electron chi connectivity index (χ1n) is 6.19. The van der Waals surface area contributed by atoms with Gasteiger partial charge >= 0.3 is 5.97 Å². The first kappa shape index (κ1) is 14.5. The van der Waals surface area contributed by atoms with Crippen LogP contribution in [0.3, 0.4) is 0 Å². The van der Waals surface area contributed by atoms with Crippen LogP contribution in [0.4, 0.5) is 0 Å². The standard InChI is InChI=1S/C14H21NO3/c1-5-15-10(3)12-7-6-9(2)8-13(12)18-11(4)14(16)17/h6-8,10-11,15H,5H2,1-4H3,(H,16,17). The third-order valence-corrected chi connectivity index (χ3v) is 2.80. The minimum atomic E-state index is -0.960. The van der Waals surface area contributed by atoms with Crippen LogP contribution in [-0.4, -0.2) is 23.7 Å². The number of aliphatic carboxylic acids is 1. The van der Waals surface area contributed by atoms with E-state index in [9.17, 15) is 4.79 Å². The summed E-state index contributed by atoms with van der Waals surface area (Å²) >= 11 is 0. The highest BCUT2D eigenvalue weighted by atomic mass is 16.5. The fourth-order valence-corrected chi connectivity index (χ4v) is 1.76. The highest BCUT2D eigenvalue weighted by Gasteiger charge is 2.17. The monoisotopic (exact) mass is 251 g/mol. The van der Waals surface area contributed by atoms with Gasteiger partial charge in [0.15, 0.2) is 6.10 Å². The molecule has 2 unspecified atom stereocenters. The smallest absolute Gasteiger partial charge is 0.344 e. The molecule has 0 saturated carbocycles. The largest absolute Gasteiger partial charge is 0.479 e. The van der Waals surface area contributed by atoms with Gasteiger partial charge < -0.3 is 15.2 Å². The van der Waals surface area contributed by atoms with E-state index in [0.717, 1.165) is 17.7 Å². The lowest BCUT2D eigenvalue weighted by atomic mass is 10.0. The van der Waals surface area contributed by atoms with Gasteiger partial charge in [-0.2, -0.15) is 0 Å². The number of benzene rings is 1. The summed E-state index contributed by atoms with van der Waals surface area (Å²) in [6, 6.07) is 5.99. The van der Waals surface area contributed by atoms with Crippen LogP contribution < -0.4 is 10.1 Å². The molecule has 0 amide bonds. The normalized spacial score (nSPS) is 14.0. The number of hydrogen-bond donors (Lipinski definition) is 2. The highest BCUT2D eigenvalue weighted by molar-refractivity contribution is 5.72. The Hall–Kier alpha value is -1.55. The lowest BCUT2D eigenvalue weighted by molar-refractivity contribution is -0.144. The van der Waals surface area contributed by atoms with E-state index in [-0.39, 0.29) is 6.04 Å². The van der Waals surface area contributed by atoms with Gasteiger partial charge in [-0.1, -0.05) is 19.1 Å². The second-order valence-electron chi connectivity index (χ2n) is 4.42. The molecule has 0 heterocycles. The summed E-state index contributed by atoms with van der Waals surface area (Å²) in [4.78, 5) is 10.9. The molecule has 1 aromatic carbocycles. The average Bonchev–Trinajstić information content (AvgIpc) is 2.29. The summed E-state index contributed by atoms with van der Waals surface area (Å²) in [5, 5.41) is 12.2. The molecule has 0 aliphatic rings. The molecule has 1 rings (SSSR count). The molecule has 4 heteroatoms. The number of ether oxygens (including phenoxy) is 1. The molecule has 2 atom stereocenters. The number of carbonyl (C=O) groups is 1. The first-order valence-corrected chi connectivity index (χ1v) is 6.19. The van der Waals surface area contributed by atoms with Crippen molar-refractivity contribution < 1.29 is 14.6 Å². The Morgan fingerprint density at radius 3 is 2.67 bits per heavy atom. The summed E-state index contributed by atoms with van der Waals surface area (Å²) in [5.41, 5.74) is 2.03. The van der Waals surface area contributed by atoms with Crippen molar-refractivity contribution in [3.05, 3.63) is 29.3 Å². The summed E-state index contributed by atoms with van der Waals surface area (Å²) in [7, 11) is 0. The van der Waals surface area contributed by atoms with Crippen molar-refractivity contribution in [1.82, 2.24) is 5.32 Å². The Morgan fingerprint density at radius 1 is 1.44 bits per heavy atom. The van der Waals surface area contributed by atoms with Crippen molar-refractivity contribution in [2.75, 3.05) is 6.54 Å². The van der Waals surface area contributed by atoms with Gasteiger partial charge in [-0.3, -0.25) is 0 Å². The Balaban J connectivity index is 2.99. The van der Waals surface area contributed by atoms with E-state index in [1.807, 2.05) is 39.0 Å². The second kappa shape index (κ2) is 6.40. The molecular formula is C14H21NO3. The van der Waals surface area contributed by atoms with Crippen LogP contribution >= 0.6 is 0 Å². The van der Waals surface area contributed by atoms with E-state index in [0.29, 0.717) is 5.75 Å². The highest BCUT2D eigenvalue weighted by Crippen LogP contribution is 2.27. The van der Waals surface area contributed by atoms with Crippen molar-refractivity contribution in [1.29, 1.82) is 0 Å². The number of hydrogen-bond acceptors (Lipinski definition) is 3. The minimum Gasteiger partial charge on any atom is -0.479 e. The number of aryl methyl sites for hydroxylation is 1.